The van der Waals surface area contributed by atoms with E-state index in [0.717, 1.165) is 15.6 Å². The summed E-state index contributed by atoms with van der Waals surface area (Å²) < 4.78 is 2.59. The van der Waals surface area contributed by atoms with Crippen LogP contribution in [0.15, 0.2) is 83.7 Å². The van der Waals surface area contributed by atoms with E-state index in [1.165, 1.54) is 0 Å². The molecule has 0 bridgehead atoms. The standard InChI is InChI=1S/C20H14N2O2Se/c23-19(21-14-8-3-1-4-9-14)16-12-7-13-17-18(16)25-22(20(17)24)15-10-5-2-6-11-15/h1-13H,(H,21,23). The molecule has 25 heavy (non-hydrogen) atoms. The van der Waals surface area contributed by atoms with Crippen LogP contribution in [0.1, 0.15) is 10.4 Å². The van der Waals surface area contributed by atoms with Crippen LogP contribution in [0, 0.1) is 0 Å². The topological polar surface area (TPSA) is 51.1 Å². The zero-order valence-electron chi connectivity index (χ0n) is 13.2. The van der Waals surface area contributed by atoms with Crippen molar-refractivity contribution in [3.8, 4) is 5.69 Å². The molecule has 0 saturated carbocycles. The van der Waals surface area contributed by atoms with Gasteiger partial charge in [-0.2, -0.15) is 0 Å². The second kappa shape index (κ2) is 6.55. The minimum absolute atomic E-state index is 0.0458. The van der Waals surface area contributed by atoms with Crippen molar-refractivity contribution in [2.45, 2.75) is 0 Å². The first kappa shape index (κ1) is 15.6. The van der Waals surface area contributed by atoms with Gasteiger partial charge in [0.25, 0.3) is 0 Å². The molecule has 0 aliphatic carbocycles. The number of nitrogens with zero attached hydrogens (tertiary/aromatic N) is 1. The third-order valence-electron chi connectivity index (χ3n) is 3.88. The Hall–Kier alpha value is -2.88. The molecule has 1 amide bonds. The van der Waals surface area contributed by atoms with Gasteiger partial charge in [0, 0.05) is 0 Å². The van der Waals surface area contributed by atoms with Gasteiger partial charge in [0.1, 0.15) is 0 Å². The van der Waals surface area contributed by atoms with Crippen LogP contribution in [0.5, 0.6) is 0 Å². The molecule has 4 nitrogen and oxygen atoms in total. The van der Waals surface area contributed by atoms with Crippen molar-refractivity contribution < 1.29 is 4.79 Å². The summed E-state index contributed by atoms with van der Waals surface area (Å²) in [6.07, 6.45) is 0. The van der Waals surface area contributed by atoms with Crippen LogP contribution < -0.4 is 10.9 Å². The van der Waals surface area contributed by atoms with Gasteiger partial charge < -0.3 is 0 Å². The van der Waals surface area contributed by atoms with Crippen LogP contribution in [-0.2, 0) is 0 Å². The first-order valence-corrected chi connectivity index (χ1v) is 9.43. The van der Waals surface area contributed by atoms with Crippen LogP contribution in [-0.4, -0.2) is 24.2 Å². The Balaban J connectivity index is 1.81. The molecular weight excluding hydrogens is 379 g/mol. The molecule has 0 atom stereocenters. The summed E-state index contributed by atoms with van der Waals surface area (Å²) in [5.41, 5.74) is 2.11. The zero-order valence-corrected chi connectivity index (χ0v) is 14.9. The normalized spacial score (nSPS) is 10.7. The molecule has 0 aliphatic heterocycles. The monoisotopic (exact) mass is 394 g/mol. The van der Waals surface area contributed by atoms with E-state index >= 15 is 0 Å². The average Bonchev–Trinajstić information content (AvgIpc) is 3.00. The van der Waals surface area contributed by atoms with Gasteiger partial charge in [-0.05, 0) is 0 Å². The molecule has 0 unspecified atom stereocenters. The number of rotatable bonds is 3. The van der Waals surface area contributed by atoms with E-state index in [1.54, 1.807) is 21.8 Å². The van der Waals surface area contributed by atoms with Crippen molar-refractivity contribution >= 4 is 36.0 Å². The van der Waals surface area contributed by atoms with Gasteiger partial charge in [-0.1, -0.05) is 0 Å². The van der Waals surface area contributed by atoms with Gasteiger partial charge in [0.2, 0.25) is 0 Å². The minimum atomic E-state index is -0.265. The van der Waals surface area contributed by atoms with E-state index in [2.05, 4.69) is 5.32 Å². The summed E-state index contributed by atoms with van der Waals surface area (Å²) in [7, 11) is 0. The van der Waals surface area contributed by atoms with E-state index in [1.807, 2.05) is 60.7 Å². The van der Waals surface area contributed by atoms with Crippen molar-refractivity contribution in [3.05, 3.63) is 94.8 Å². The molecule has 0 radical (unpaired) electrons. The van der Waals surface area contributed by atoms with E-state index in [9.17, 15) is 9.59 Å². The Bertz CT molecular complexity index is 1100. The molecule has 0 aliphatic rings. The van der Waals surface area contributed by atoms with E-state index in [4.69, 9.17) is 0 Å². The molecule has 3 aromatic carbocycles. The summed E-state index contributed by atoms with van der Waals surface area (Å²) in [6, 6.07) is 24.2. The summed E-state index contributed by atoms with van der Waals surface area (Å²) in [5.74, 6) is -0.187. The van der Waals surface area contributed by atoms with Gasteiger partial charge in [-0.3, -0.25) is 0 Å². The van der Waals surface area contributed by atoms with Crippen molar-refractivity contribution in [1.29, 1.82) is 0 Å². The van der Waals surface area contributed by atoms with E-state index in [-0.39, 0.29) is 26.2 Å². The first-order chi connectivity index (χ1) is 12.2. The number of hydrogen-bond donors (Lipinski definition) is 1. The third-order valence-corrected chi connectivity index (χ3v) is 6.36. The number of carbonyl (C=O) groups is 1. The molecule has 1 N–H and O–H groups in total. The third kappa shape index (κ3) is 2.95. The van der Waals surface area contributed by atoms with Crippen LogP contribution in [0.4, 0.5) is 5.69 Å². The Morgan fingerprint density at radius 3 is 2.24 bits per heavy atom. The molecule has 4 rings (SSSR count). The molecule has 1 aromatic heterocycles. The number of benzene rings is 3. The second-order valence-corrected chi connectivity index (χ2v) is 7.53. The number of fused-ring (bicyclic) bond motifs is 1. The average molecular weight is 393 g/mol. The van der Waals surface area contributed by atoms with Crippen molar-refractivity contribution in [3.63, 3.8) is 0 Å². The van der Waals surface area contributed by atoms with Crippen LogP contribution >= 0.6 is 0 Å². The molecule has 5 heteroatoms. The molecule has 1 heterocycles. The number of amides is 1. The zero-order chi connectivity index (χ0) is 17.2. The molecular formula is C20H14N2O2Se. The van der Waals surface area contributed by atoms with Crippen LogP contribution in [0.25, 0.3) is 15.3 Å². The van der Waals surface area contributed by atoms with Crippen LogP contribution in [0.3, 0.4) is 0 Å². The number of carbonyl (C=O) groups excluding carboxylic acids is 1. The Morgan fingerprint density at radius 1 is 0.840 bits per heavy atom. The molecule has 122 valence electrons. The van der Waals surface area contributed by atoms with Crippen molar-refractivity contribution in [1.82, 2.24) is 3.56 Å². The number of aromatic nitrogens is 1. The second-order valence-electron chi connectivity index (χ2n) is 5.53. The Kier molecular flexibility index (Phi) is 4.10. The van der Waals surface area contributed by atoms with Gasteiger partial charge >= 0.3 is 150 Å². The summed E-state index contributed by atoms with van der Waals surface area (Å²) in [4.78, 5) is 25.4. The maximum atomic E-state index is 12.7. The van der Waals surface area contributed by atoms with Crippen LogP contribution in [0.2, 0.25) is 0 Å². The number of hydrogen-bond acceptors (Lipinski definition) is 2. The fourth-order valence-corrected chi connectivity index (χ4v) is 4.99. The van der Waals surface area contributed by atoms with Crippen molar-refractivity contribution in [2.75, 3.05) is 5.32 Å². The summed E-state index contributed by atoms with van der Waals surface area (Å²) in [6.45, 7) is 0. The molecule has 4 aromatic rings. The van der Waals surface area contributed by atoms with E-state index < -0.39 is 0 Å². The fourth-order valence-electron chi connectivity index (χ4n) is 2.68. The maximum absolute atomic E-state index is 12.7. The molecule has 0 saturated heterocycles. The predicted molar refractivity (Wildman–Crippen MR) is 101 cm³/mol. The number of anilines is 1. The summed E-state index contributed by atoms with van der Waals surface area (Å²) >= 11 is -0.265. The molecule has 0 fully saturated rings. The van der Waals surface area contributed by atoms with Gasteiger partial charge in [0.05, 0.1) is 0 Å². The quantitative estimate of drug-likeness (QED) is 0.543. The van der Waals surface area contributed by atoms with Crippen molar-refractivity contribution in [2.24, 2.45) is 0 Å². The molecule has 0 spiro atoms. The number of para-hydroxylation sites is 2. The SMILES string of the molecule is O=C(Nc1ccccc1)c1cccc2c(=O)n(-c3ccccc3)[se]c12. The first-order valence-electron chi connectivity index (χ1n) is 7.81. The Morgan fingerprint density at radius 2 is 1.52 bits per heavy atom. The fraction of sp³-hybridized carbons (Fsp3) is 0. The van der Waals surface area contributed by atoms with E-state index in [0.29, 0.717) is 10.9 Å². The van der Waals surface area contributed by atoms with Gasteiger partial charge in [-0.15, -0.1) is 0 Å². The van der Waals surface area contributed by atoms with Gasteiger partial charge in [-0.25, -0.2) is 0 Å². The summed E-state index contributed by atoms with van der Waals surface area (Å²) in [5, 5.41) is 3.51. The Labute approximate surface area is 150 Å². The van der Waals surface area contributed by atoms with Gasteiger partial charge in [0.15, 0.2) is 0 Å². The predicted octanol–water partition coefficient (Wildman–Crippen LogP) is 3.30. The number of nitrogens with one attached hydrogen (secondary N) is 1.